The molecular weight excluding hydrogens is 288 g/mol. The van der Waals surface area contributed by atoms with Crippen LogP contribution < -0.4 is 10.2 Å². The summed E-state index contributed by atoms with van der Waals surface area (Å²) in [6.07, 6.45) is 1.43. The molecule has 0 bridgehead atoms. The van der Waals surface area contributed by atoms with Gasteiger partial charge >= 0.3 is 0 Å². The molecule has 1 N–H and O–H groups in total. The monoisotopic (exact) mass is 312 g/mol. The van der Waals surface area contributed by atoms with Gasteiger partial charge in [-0.2, -0.15) is 0 Å². The minimum Gasteiger partial charge on any atom is -0.370 e. The Bertz CT molecular complexity index is 670. The summed E-state index contributed by atoms with van der Waals surface area (Å²) in [6.45, 7) is 9.61. The summed E-state index contributed by atoms with van der Waals surface area (Å²) >= 11 is 0. The summed E-state index contributed by atoms with van der Waals surface area (Å²) in [4.78, 5) is 22.8. The Hall–Kier alpha value is -2.43. The standard InChI is InChI=1S/C18H24N4O/c1-5-22(15-8-6-7-14(4)9-15)18(23)16-10-17(21-12-20-16)19-11-13(2)3/h6-10,12-13H,5,11H2,1-4H3,(H,19,20,21). The molecule has 5 heteroatoms. The Labute approximate surface area is 137 Å². The van der Waals surface area contributed by atoms with Crippen LogP contribution in [0, 0.1) is 12.8 Å². The van der Waals surface area contributed by atoms with E-state index in [0.29, 0.717) is 24.0 Å². The summed E-state index contributed by atoms with van der Waals surface area (Å²) in [6, 6.07) is 9.62. The van der Waals surface area contributed by atoms with Crippen molar-refractivity contribution in [3.8, 4) is 0 Å². The van der Waals surface area contributed by atoms with E-state index < -0.39 is 0 Å². The molecule has 0 spiro atoms. The summed E-state index contributed by atoms with van der Waals surface area (Å²) in [7, 11) is 0. The Kier molecular flexibility index (Phi) is 5.68. The normalized spacial score (nSPS) is 10.7. The van der Waals surface area contributed by atoms with E-state index in [2.05, 4.69) is 29.1 Å². The average Bonchev–Trinajstić information content (AvgIpc) is 2.54. The van der Waals surface area contributed by atoms with Crippen molar-refractivity contribution in [3.05, 3.63) is 47.9 Å². The van der Waals surface area contributed by atoms with E-state index in [1.807, 2.05) is 38.1 Å². The van der Waals surface area contributed by atoms with E-state index in [4.69, 9.17) is 0 Å². The fraction of sp³-hybridized carbons (Fsp3) is 0.389. The van der Waals surface area contributed by atoms with Crippen molar-refractivity contribution in [2.24, 2.45) is 5.92 Å². The minimum atomic E-state index is -0.118. The van der Waals surface area contributed by atoms with E-state index >= 15 is 0 Å². The number of benzene rings is 1. The maximum absolute atomic E-state index is 12.8. The molecule has 1 aromatic carbocycles. The largest absolute Gasteiger partial charge is 0.370 e. The highest BCUT2D eigenvalue weighted by molar-refractivity contribution is 6.05. The second kappa shape index (κ2) is 7.72. The quantitative estimate of drug-likeness (QED) is 0.886. The molecule has 0 fully saturated rings. The number of hydrogen-bond acceptors (Lipinski definition) is 4. The summed E-state index contributed by atoms with van der Waals surface area (Å²) in [5.74, 6) is 1.06. The van der Waals surface area contributed by atoms with Gasteiger partial charge in [0.15, 0.2) is 0 Å². The van der Waals surface area contributed by atoms with Gasteiger partial charge in [0.25, 0.3) is 5.91 Å². The van der Waals surface area contributed by atoms with Crippen LogP contribution >= 0.6 is 0 Å². The lowest BCUT2D eigenvalue weighted by Crippen LogP contribution is -2.31. The van der Waals surface area contributed by atoms with E-state index in [0.717, 1.165) is 17.8 Å². The predicted octanol–water partition coefficient (Wildman–Crippen LogP) is 3.52. The van der Waals surface area contributed by atoms with Gasteiger partial charge in [-0.3, -0.25) is 4.79 Å². The molecule has 0 aliphatic rings. The number of carbonyl (C=O) groups is 1. The molecule has 0 atom stereocenters. The van der Waals surface area contributed by atoms with Gasteiger partial charge in [-0.15, -0.1) is 0 Å². The smallest absolute Gasteiger partial charge is 0.277 e. The molecule has 122 valence electrons. The van der Waals surface area contributed by atoms with Crippen LogP contribution in [0.1, 0.15) is 36.8 Å². The first kappa shape index (κ1) is 16.9. The van der Waals surface area contributed by atoms with Gasteiger partial charge in [0.2, 0.25) is 0 Å². The Morgan fingerprint density at radius 1 is 1.26 bits per heavy atom. The number of amides is 1. The molecule has 0 radical (unpaired) electrons. The molecule has 2 aromatic rings. The van der Waals surface area contributed by atoms with Crippen LogP contribution in [0.3, 0.4) is 0 Å². The van der Waals surface area contributed by atoms with Crippen molar-refractivity contribution >= 4 is 17.4 Å². The number of aromatic nitrogens is 2. The second-order valence-electron chi connectivity index (χ2n) is 5.95. The molecule has 0 unspecified atom stereocenters. The number of anilines is 2. The van der Waals surface area contributed by atoms with Crippen LogP contribution in [-0.4, -0.2) is 29.0 Å². The molecule has 0 aliphatic heterocycles. The van der Waals surface area contributed by atoms with Crippen molar-refractivity contribution in [2.75, 3.05) is 23.3 Å². The summed E-state index contributed by atoms with van der Waals surface area (Å²) in [5, 5.41) is 3.22. The minimum absolute atomic E-state index is 0.118. The highest BCUT2D eigenvalue weighted by atomic mass is 16.2. The van der Waals surface area contributed by atoms with Gasteiger partial charge in [-0.1, -0.05) is 26.0 Å². The van der Waals surface area contributed by atoms with Crippen LogP contribution in [-0.2, 0) is 0 Å². The molecule has 2 rings (SSSR count). The number of carbonyl (C=O) groups excluding carboxylic acids is 1. The SMILES string of the molecule is CCN(C(=O)c1cc(NCC(C)C)ncn1)c1cccc(C)c1. The average molecular weight is 312 g/mol. The predicted molar refractivity (Wildman–Crippen MR) is 93.9 cm³/mol. The van der Waals surface area contributed by atoms with Crippen LogP contribution in [0.2, 0.25) is 0 Å². The zero-order chi connectivity index (χ0) is 16.8. The van der Waals surface area contributed by atoms with Gasteiger partial charge in [0, 0.05) is 24.8 Å². The molecule has 1 amide bonds. The summed E-state index contributed by atoms with van der Waals surface area (Å²) < 4.78 is 0. The third-order valence-corrected chi connectivity index (χ3v) is 3.45. The highest BCUT2D eigenvalue weighted by Gasteiger charge is 2.18. The van der Waals surface area contributed by atoms with Crippen molar-refractivity contribution in [1.29, 1.82) is 0 Å². The van der Waals surface area contributed by atoms with E-state index in [1.165, 1.54) is 6.33 Å². The van der Waals surface area contributed by atoms with Gasteiger partial charge in [0.05, 0.1) is 0 Å². The second-order valence-corrected chi connectivity index (χ2v) is 5.95. The molecule has 0 saturated carbocycles. The van der Waals surface area contributed by atoms with Crippen LogP contribution in [0.4, 0.5) is 11.5 Å². The Morgan fingerprint density at radius 3 is 2.70 bits per heavy atom. The highest BCUT2D eigenvalue weighted by Crippen LogP contribution is 2.18. The third kappa shape index (κ3) is 4.52. The molecule has 5 nitrogen and oxygen atoms in total. The van der Waals surface area contributed by atoms with Gasteiger partial charge in [-0.05, 0) is 37.5 Å². The molecule has 0 aliphatic carbocycles. The molecular formula is C18H24N4O. The first-order valence-corrected chi connectivity index (χ1v) is 7.95. The van der Waals surface area contributed by atoms with Gasteiger partial charge in [0.1, 0.15) is 17.8 Å². The van der Waals surface area contributed by atoms with E-state index in [9.17, 15) is 4.79 Å². The molecule has 1 heterocycles. The number of aryl methyl sites for hydroxylation is 1. The fourth-order valence-electron chi connectivity index (χ4n) is 2.26. The molecule has 0 saturated heterocycles. The van der Waals surface area contributed by atoms with Gasteiger partial charge in [-0.25, -0.2) is 9.97 Å². The number of rotatable bonds is 6. The van der Waals surface area contributed by atoms with Crippen LogP contribution in [0.25, 0.3) is 0 Å². The lowest BCUT2D eigenvalue weighted by Gasteiger charge is -2.21. The topological polar surface area (TPSA) is 58.1 Å². The van der Waals surface area contributed by atoms with Gasteiger partial charge < -0.3 is 10.2 Å². The maximum atomic E-state index is 12.8. The summed E-state index contributed by atoms with van der Waals surface area (Å²) in [5.41, 5.74) is 2.40. The van der Waals surface area contributed by atoms with Crippen molar-refractivity contribution in [2.45, 2.75) is 27.7 Å². The maximum Gasteiger partial charge on any atom is 0.277 e. The first-order valence-electron chi connectivity index (χ1n) is 7.95. The molecule has 1 aromatic heterocycles. The Balaban J connectivity index is 2.22. The van der Waals surface area contributed by atoms with Crippen molar-refractivity contribution < 1.29 is 4.79 Å². The third-order valence-electron chi connectivity index (χ3n) is 3.45. The van der Waals surface area contributed by atoms with Crippen molar-refractivity contribution in [1.82, 2.24) is 9.97 Å². The van der Waals surface area contributed by atoms with Crippen LogP contribution in [0.15, 0.2) is 36.7 Å². The first-order chi connectivity index (χ1) is 11.0. The van der Waals surface area contributed by atoms with Crippen LogP contribution in [0.5, 0.6) is 0 Å². The lowest BCUT2D eigenvalue weighted by atomic mass is 10.2. The van der Waals surface area contributed by atoms with E-state index in [1.54, 1.807) is 11.0 Å². The fourth-order valence-corrected chi connectivity index (χ4v) is 2.26. The number of nitrogens with zero attached hydrogens (tertiary/aromatic N) is 3. The zero-order valence-corrected chi connectivity index (χ0v) is 14.2. The Morgan fingerprint density at radius 2 is 2.04 bits per heavy atom. The number of nitrogens with one attached hydrogen (secondary N) is 1. The molecule has 23 heavy (non-hydrogen) atoms. The van der Waals surface area contributed by atoms with E-state index in [-0.39, 0.29) is 5.91 Å². The zero-order valence-electron chi connectivity index (χ0n) is 14.2. The number of hydrogen-bond donors (Lipinski definition) is 1. The van der Waals surface area contributed by atoms with Crippen molar-refractivity contribution in [3.63, 3.8) is 0 Å². The lowest BCUT2D eigenvalue weighted by molar-refractivity contribution is 0.0983.